The Labute approximate surface area is 354 Å². The molecule has 0 spiro atoms. The molecule has 12 nitrogen and oxygen atoms in total. The van der Waals surface area contributed by atoms with Crippen LogP contribution in [0.5, 0.6) is 11.6 Å². The first-order chi connectivity index (χ1) is 28.8. The number of allylic oxidation sites excluding steroid dienone is 2. The lowest BCUT2D eigenvalue weighted by Gasteiger charge is -2.30. The molecule has 2 N–H and O–H groups in total. The van der Waals surface area contributed by atoms with Crippen LogP contribution in [0.25, 0.3) is 21.5 Å². The molecule has 2 amide bonds. The predicted molar refractivity (Wildman–Crippen MR) is 229 cm³/mol. The molecule has 2 aromatic heterocycles. The van der Waals surface area contributed by atoms with Crippen molar-refractivity contribution in [2.75, 3.05) is 19.0 Å². The molecule has 2 aliphatic carbocycles. The van der Waals surface area contributed by atoms with Crippen LogP contribution in [0.4, 0.5) is 10.1 Å². The maximum Gasteiger partial charge on any atom is 0.245 e. The van der Waals surface area contributed by atoms with Crippen LogP contribution >= 0.6 is 11.3 Å². The zero-order chi connectivity index (χ0) is 42.3. The fourth-order valence-electron chi connectivity index (χ4n) is 8.64. The van der Waals surface area contributed by atoms with Crippen molar-refractivity contribution < 1.29 is 36.7 Å². The first kappa shape index (κ1) is 41.8. The number of aromatic nitrogens is 2. The molecule has 8 rings (SSSR count). The summed E-state index contributed by atoms with van der Waals surface area (Å²) in [4.78, 5) is 55.0. The van der Waals surface area contributed by atoms with Gasteiger partial charge in [-0.25, -0.2) is 22.8 Å². The van der Waals surface area contributed by atoms with Gasteiger partial charge in [0, 0.05) is 29.3 Å². The van der Waals surface area contributed by atoms with Gasteiger partial charge in [0.05, 0.1) is 36.1 Å². The van der Waals surface area contributed by atoms with Crippen LogP contribution in [0.1, 0.15) is 95.2 Å². The summed E-state index contributed by atoms with van der Waals surface area (Å²) in [6, 6.07) is 9.90. The van der Waals surface area contributed by atoms with Gasteiger partial charge < -0.3 is 19.7 Å². The third-order valence-electron chi connectivity index (χ3n) is 12.4. The van der Waals surface area contributed by atoms with E-state index in [4.69, 9.17) is 19.4 Å². The Morgan fingerprint density at radius 2 is 1.87 bits per heavy atom. The molecule has 4 aliphatic rings. The number of rotatable bonds is 10. The number of Topliss-reactive ketones (excluding diaryl/α,β-unsaturated/α-hetero) is 1. The number of hydrogen-bond acceptors (Lipinski definition) is 11. The van der Waals surface area contributed by atoms with Gasteiger partial charge in [-0.05, 0) is 105 Å². The van der Waals surface area contributed by atoms with Crippen LogP contribution in [-0.4, -0.2) is 78.0 Å². The fraction of sp³-hybridized carbons (Fsp3) is 0.489. The van der Waals surface area contributed by atoms with Crippen molar-refractivity contribution >= 4 is 55.4 Å². The summed E-state index contributed by atoms with van der Waals surface area (Å²) in [5.74, 6) is -0.873. The number of anilines is 1. The highest BCUT2D eigenvalue weighted by Crippen LogP contribution is 2.57. The summed E-state index contributed by atoms with van der Waals surface area (Å²) in [5, 5.41) is 6.99. The highest BCUT2D eigenvalue weighted by Gasteiger charge is 2.61. The van der Waals surface area contributed by atoms with E-state index in [0.29, 0.717) is 55.1 Å². The number of sulfonamides is 1. The van der Waals surface area contributed by atoms with Gasteiger partial charge in [-0.2, -0.15) is 0 Å². The number of ketones is 1. The maximum atomic E-state index is 14.9. The van der Waals surface area contributed by atoms with Crippen molar-refractivity contribution in [1.29, 1.82) is 0 Å². The minimum atomic E-state index is -3.87. The standard InChI is InChI=1S/C45H52FN5O7S2/c1-26(2)37-25-59-42(49-37)36-21-34-27(3)40(57-4)18-17-33(34)41(48-36)58-31-20-38-39(52)23-45(44(54)50-60(55,56)32-15-16-32)22-28(45)11-8-6-5-7-9-14-35(43(53)51(38)24-31)47-30-13-10-12-29(46)19-30/h8,10-13,17-19,21,25-26,28,31-32,35,38,47H,5-7,9,14-16,20,22-24H2,1-4H3,(H,50,54)/b11-8-/t28-,31-,35+,38+,45-/m1/s1. The number of halogens is 1. The smallest absolute Gasteiger partial charge is 0.245 e. The number of hydrogen-bond donors (Lipinski definition) is 2. The minimum absolute atomic E-state index is 0.0481. The van der Waals surface area contributed by atoms with Crippen LogP contribution in [0.3, 0.4) is 0 Å². The summed E-state index contributed by atoms with van der Waals surface area (Å²) >= 11 is 1.49. The Balaban J connectivity index is 1.15. The number of nitrogens with one attached hydrogen (secondary N) is 2. The monoisotopic (exact) mass is 857 g/mol. The lowest BCUT2D eigenvalue weighted by atomic mass is 9.91. The zero-order valence-electron chi connectivity index (χ0n) is 34.4. The first-order valence-corrected chi connectivity index (χ1v) is 23.4. The lowest BCUT2D eigenvalue weighted by molar-refractivity contribution is -0.139. The highest BCUT2D eigenvalue weighted by molar-refractivity contribution is 7.90. The third-order valence-corrected chi connectivity index (χ3v) is 15.1. The Kier molecular flexibility index (Phi) is 11.8. The summed E-state index contributed by atoms with van der Waals surface area (Å²) < 4.78 is 55.1. The molecule has 2 saturated carbocycles. The van der Waals surface area contributed by atoms with E-state index in [1.54, 1.807) is 24.1 Å². The first-order valence-electron chi connectivity index (χ1n) is 20.9. The van der Waals surface area contributed by atoms with Gasteiger partial charge in [-0.1, -0.05) is 44.9 Å². The number of carbonyl (C=O) groups excluding carboxylic acids is 3. The van der Waals surface area contributed by atoms with E-state index in [9.17, 15) is 27.2 Å². The molecule has 0 unspecified atom stereocenters. The van der Waals surface area contributed by atoms with E-state index < -0.39 is 50.6 Å². The van der Waals surface area contributed by atoms with E-state index in [1.165, 1.54) is 23.5 Å². The largest absolute Gasteiger partial charge is 0.496 e. The van der Waals surface area contributed by atoms with Crippen molar-refractivity contribution in [2.45, 2.75) is 114 Å². The summed E-state index contributed by atoms with van der Waals surface area (Å²) in [7, 11) is -2.25. The fourth-order valence-corrected chi connectivity index (χ4v) is 11.0. The normalized spacial score (nSPS) is 25.5. The average molecular weight is 858 g/mol. The molecule has 2 aromatic carbocycles. The minimum Gasteiger partial charge on any atom is -0.496 e. The average Bonchev–Trinajstić information content (AvgIpc) is 4.09. The Hall–Kier alpha value is -4.89. The van der Waals surface area contributed by atoms with Gasteiger partial charge in [0.15, 0.2) is 5.78 Å². The number of fused-ring (bicyclic) bond motifs is 3. The summed E-state index contributed by atoms with van der Waals surface area (Å²) in [5.41, 5.74) is 1.64. The van der Waals surface area contributed by atoms with E-state index in [2.05, 4.69) is 23.9 Å². The van der Waals surface area contributed by atoms with Crippen LogP contribution in [0.15, 0.2) is 60.0 Å². The molecule has 15 heteroatoms. The molecule has 2 aliphatic heterocycles. The van der Waals surface area contributed by atoms with Gasteiger partial charge in [-0.15, -0.1) is 11.3 Å². The van der Waals surface area contributed by atoms with Gasteiger partial charge >= 0.3 is 0 Å². The second-order valence-electron chi connectivity index (χ2n) is 17.1. The lowest BCUT2D eigenvalue weighted by Crippen LogP contribution is -2.49. The molecule has 5 atom stereocenters. The predicted octanol–water partition coefficient (Wildman–Crippen LogP) is 7.86. The number of pyridine rings is 1. The maximum absolute atomic E-state index is 14.9. The van der Waals surface area contributed by atoms with Crippen molar-refractivity contribution in [3.05, 3.63) is 77.1 Å². The number of thiazole rings is 1. The molecule has 318 valence electrons. The number of amides is 2. The van der Waals surface area contributed by atoms with Crippen molar-refractivity contribution in [2.24, 2.45) is 11.3 Å². The SMILES string of the molecule is COc1ccc2c(O[C@@H]3C[C@H]4C(=O)C[C@]5(C(=O)NS(=O)(=O)C6CC6)C[C@H]5/C=C\CCCCC[C@H](Nc5cccc(F)c5)C(=O)N4C3)nc(-c3nc(C(C)C)cs3)cc2c1C. The van der Waals surface area contributed by atoms with Gasteiger partial charge in [-0.3, -0.25) is 19.1 Å². The number of nitrogens with zero attached hydrogens (tertiary/aromatic N) is 3. The molecule has 1 saturated heterocycles. The summed E-state index contributed by atoms with van der Waals surface area (Å²) in [6.45, 7) is 6.18. The second-order valence-corrected chi connectivity index (χ2v) is 19.9. The molecule has 4 aromatic rings. The van der Waals surface area contributed by atoms with Gasteiger partial charge in [0.2, 0.25) is 27.7 Å². The Morgan fingerprint density at radius 3 is 2.60 bits per heavy atom. The van der Waals surface area contributed by atoms with Gasteiger partial charge in [0.25, 0.3) is 0 Å². The molecular weight excluding hydrogens is 806 g/mol. The number of carbonyl (C=O) groups is 3. The van der Waals surface area contributed by atoms with E-state index >= 15 is 0 Å². The van der Waals surface area contributed by atoms with Crippen LogP contribution in [0, 0.1) is 24.1 Å². The molecule has 3 fully saturated rings. The molecule has 4 heterocycles. The van der Waals surface area contributed by atoms with E-state index in [-0.39, 0.29) is 42.9 Å². The van der Waals surface area contributed by atoms with Crippen LogP contribution < -0.4 is 19.5 Å². The Bertz CT molecular complexity index is 2450. The molecular formula is C45H52FN5O7S2. The van der Waals surface area contributed by atoms with Crippen molar-refractivity contribution in [1.82, 2.24) is 19.6 Å². The van der Waals surface area contributed by atoms with Crippen molar-refractivity contribution in [3.8, 4) is 22.3 Å². The van der Waals surface area contributed by atoms with E-state index in [0.717, 1.165) is 46.3 Å². The quantitative estimate of drug-likeness (QED) is 0.151. The third kappa shape index (κ3) is 8.65. The highest BCUT2D eigenvalue weighted by atomic mass is 32.2. The molecule has 0 radical (unpaired) electrons. The molecule has 0 bridgehead atoms. The number of methoxy groups -OCH3 is 1. The topological polar surface area (TPSA) is 157 Å². The van der Waals surface area contributed by atoms with E-state index in [1.807, 2.05) is 42.7 Å². The summed E-state index contributed by atoms with van der Waals surface area (Å²) in [6.07, 6.45) is 8.01. The number of aryl methyl sites for hydroxylation is 1. The van der Waals surface area contributed by atoms with Crippen LogP contribution in [0.2, 0.25) is 0 Å². The Morgan fingerprint density at radius 1 is 1.05 bits per heavy atom. The number of ether oxygens (including phenoxy) is 2. The number of benzene rings is 2. The van der Waals surface area contributed by atoms with Crippen molar-refractivity contribution in [3.63, 3.8) is 0 Å². The van der Waals surface area contributed by atoms with Gasteiger partial charge in [0.1, 0.15) is 34.4 Å². The molecule has 60 heavy (non-hydrogen) atoms. The zero-order valence-corrected chi connectivity index (χ0v) is 36.0. The van der Waals surface area contributed by atoms with Crippen LogP contribution in [-0.2, 0) is 24.4 Å². The second kappa shape index (κ2) is 16.9.